The topological polar surface area (TPSA) is 31.2 Å². The van der Waals surface area contributed by atoms with Crippen LogP contribution in [0, 0.1) is 5.92 Å². The number of carbonyl (C=O) groups is 1. The van der Waals surface area contributed by atoms with E-state index in [9.17, 15) is 4.79 Å². The van der Waals surface area contributed by atoms with Crippen LogP contribution in [0.4, 0.5) is 0 Å². The molecule has 84 valence electrons. The van der Waals surface area contributed by atoms with Gasteiger partial charge in [-0.3, -0.25) is 0 Å². The van der Waals surface area contributed by atoms with Gasteiger partial charge in [0.05, 0.1) is 12.2 Å². The van der Waals surface area contributed by atoms with Gasteiger partial charge in [0, 0.05) is 18.1 Å². The van der Waals surface area contributed by atoms with Crippen molar-refractivity contribution >= 4 is 18.2 Å². The zero-order valence-corrected chi connectivity index (χ0v) is 9.51. The van der Waals surface area contributed by atoms with Crippen molar-refractivity contribution in [1.29, 1.82) is 0 Å². The molecule has 3 nitrogen and oxygen atoms in total. The maximum atomic E-state index is 11.5. The highest BCUT2D eigenvalue weighted by Crippen LogP contribution is 2.17. The Hall–Kier alpha value is -1.77. The zero-order valence-electron chi connectivity index (χ0n) is 9.51. The lowest BCUT2D eigenvalue weighted by Crippen LogP contribution is -2.02. The summed E-state index contributed by atoms with van der Waals surface area (Å²) in [5, 5.41) is 0. The molecule has 1 atom stereocenters. The van der Waals surface area contributed by atoms with E-state index in [0.29, 0.717) is 18.1 Å². The van der Waals surface area contributed by atoms with Gasteiger partial charge >= 0.3 is 5.97 Å². The first kappa shape index (κ1) is 10.7. The largest absolute Gasteiger partial charge is 0.462 e. The second-order valence-electron chi connectivity index (χ2n) is 3.84. The number of hydrogen-bond donors (Lipinski definition) is 0. The van der Waals surface area contributed by atoms with E-state index in [4.69, 9.17) is 4.74 Å². The van der Waals surface area contributed by atoms with Gasteiger partial charge in [-0.25, -0.2) is 4.79 Å². The first-order valence-electron chi connectivity index (χ1n) is 5.46. The number of hydrogen-bond acceptors (Lipinski definition) is 2. The van der Waals surface area contributed by atoms with Gasteiger partial charge < -0.3 is 9.30 Å². The number of nitrogens with zero attached hydrogens (tertiary/aromatic N) is 1. The minimum absolute atomic E-state index is 0.266. The van der Waals surface area contributed by atoms with Crippen LogP contribution in [0.1, 0.15) is 29.9 Å². The van der Waals surface area contributed by atoms with Crippen LogP contribution in [0.2, 0.25) is 0 Å². The minimum Gasteiger partial charge on any atom is -0.462 e. The van der Waals surface area contributed by atoms with E-state index in [-0.39, 0.29) is 5.97 Å². The average Bonchev–Trinajstić information content (AvgIpc) is 2.60. The Morgan fingerprint density at radius 3 is 3.06 bits per heavy atom. The van der Waals surface area contributed by atoms with Crippen molar-refractivity contribution in [1.82, 2.24) is 4.57 Å². The summed E-state index contributed by atoms with van der Waals surface area (Å²) in [5.41, 5.74) is 1.60. The van der Waals surface area contributed by atoms with Crippen molar-refractivity contribution in [3.8, 4) is 0 Å². The molecule has 0 fully saturated rings. The van der Waals surface area contributed by atoms with Crippen LogP contribution in [-0.2, 0) is 4.74 Å². The van der Waals surface area contributed by atoms with Crippen molar-refractivity contribution in [2.24, 2.45) is 5.92 Å². The van der Waals surface area contributed by atoms with Crippen LogP contribution in [0.5, 0.6) is 0 Å². The van der Waals surface area contributed by atoms with Gasteiger partial charge in [0.25, 0.3) is 0 Å². The highest BCUT2D eigenvalue weighted by molar-refractivity contribution is 5.90. The first-order chi connectivity index (χ1) is 7.70. The maximum Gasteiger partial charge on any atom is 0.339 e. The summed E-state index contributed by atoms with van der Waals surface area (Å²) in [6.45, 7) is 4.33. The van der Waals surface area contributed by atoms with Gasteiger partial charge in [0.1, 0.15) is 0 Å². The number of esters is 1. The van der Waals surface area contributed by atoms with Gasteiger partial charge in [-0.15, -0.1) is 0 Å². The highest BCUT2D eigenvalue weighted by atomic mass is 16.5. The standard InChI is InChI=1S/C13H15NO2/c1-3-16-13(15)11-8-12-5-4-10(2)6-7-14(12)9-11/h4-10H,3H2,1-2H3. The number of carbonyl (C=O) groups excluding carboxylic acids is 1. The number of rotatable bonds is 2. The summed E-state index contributed by atoms with van der Waals surface area (Å²) in [5.74, 6) is 0.156. The van der Waals surface area contributed by atoms with Crippen LogP contribution in [0.3, 0.4) is 0 Å². The monoisotopic (exact) mass is 217 g/mol. The first-order valence-corrected chi connectivity index (χ1v) is 5.46. The highest BCUT2D eigenvalue weighted by Gasteiger charge is 2.11. The van der Waals surface area contributed by atoms with Crippen LogP contribution in [0.15, 0.2) is 24.4 Å². The van der Waals surface area contributed by atoms with Crippen molar-refractivity contribution in [2.75, 3.05) is 6.61 Å². The fourth-order valence-corrected chi connectivity index (χ4v) is 1.63. The predicted octanol–water partition coefficient (Wildman–Crippen LogP) is 2.80. The van der Waals surface area contributed by atoms with E-state index in [0.717, 1.165) is 5.69 Å². The molecule has 0 aromatic carbocycles. The summed E-state index contributed by atoms with van der Waals surface area (Å²) in [7, 11) is 0. The molecular weight excluding hydrogens is 202 g/mol. The molecule has 0 saturated heterocycles. The third-order valence-electron chi connectivity index (χ3n) is 2.51. The van der Waals surface area contributed by atoms with Crippen molar-refractivity contribution in [3.05, 3.63) is 35.7 Å². The summed E-state index contributed by atoms with van der Waals surface area (Å²) in [6.07, 6.45) is 9.98. The summed E-state index contributed by atoms with van der Waals surface area (Å²) in [6, 6.07) is 1.84. The third-order valence-corrected chi connectivity index (χ3v) is 2.51. The number of aromatic nitrogens is 1. The van der Waals surface area contributed by atoms with Gasteiger partial charge in [0.2, 0.25) is 0 Å². The number of allylic oxidation sites excluding steroid dienone is 2. The second-order valence-corrected chi connectivity index (χ2v) is 3.84. The molecule has 3 heteroatoms. The molecular formula is C13H15NO2. The van der Waals surface area contributed by atoms with E-state index in [2.05, 4.69) is 19.1 Å². The second kappa shape index (κ2) is 4.39. The van der Waals surface area contributed by atoms with Gasteiger partial charge in [-0.2, -0.15) is 0 Å². The van der Waals surface area contributed by atoms with Crippen molar-refractivity contribution in [3.63, 3.8) is 0 Å². The lowest BCUT2D eigenvalue weighted by atomic mass is 10.1. The van der Waals surface area contributed by atoms with Crippen LogP contribution in [0.25, 0.3) is 12.3 Å². The summed E-state index contributed by atoms with van der Waals surface area (Å²) in [4.78, 5) is 11.5. The number of ether oxygens (including phenoxy) is 1. The van der Waals surface area contributed by atoms with Crippen LogP contribution >= 0.6 is 0 Å². The molecule has 0 amide bonds. The number of fused-ring (bicyclic) bond motifs is 1. The van der Waals surface area contributed by atoms with E-state index < -0.39 is 0 Å². The average molecular weight is 217 g/mol. The molecule has 0 bridgehead atoms. The van der Waals surface area contributed by atoms with Gasteiger partial charge in [-0.05, 0) is 25.0 Å². The Morgan fingerprint density at radius 1 is 1.50 bits per heavy atom. The molecule has 0 saturated carbocycles. The molecule has 2 rings (SSSR count). The lowest BCUT2D eigenvalue weighted by Gasteiger charge is -1.97. The zero-order chi connectivity index (χ0) is 11.5. The molecule has 0 N–H and O–H groups in total. The predicted molar refractivity (Wildman–Crippen MR) is 63.9 cm³/mol. The van der Waals surface area contributed by atoms with Crippen LogP contribution in [-0.4, -0.2) is 17.1 Å². The Kier molecular flexibility index (Phi) is 2.95. The quantitative estimate of drug-likeness (QED) is 0.713. The van der Waals surface area contributed by atoms with Crippen molar-refractivity contribution in [2.45, 2.75) is 13.8 Å². The van der Waals surface area contributed by atoms with E-state index in [1.165, 1.54) is 0 Å². The van der Waals surface area contributed by atoms with E-state index in [1.54, 1.807) is 13.1 Å². The molecule has 1 aromatic heterocycles. The Balaban J connectivity index is 2.29. The smallest absolute Gasteiger partial charge is 0.339 e. The molecule has 0 spiro atoms. The lowest BCUT2D eigenvalue weighted by molar-refractivity contribution is 0.0526. The fourth-order valence-electron chi connectivity index (χ4n) is 1.63. The molecule has 1 aromatic rings. The normalized spacial score (nSPS) is 18.0. The summed E-state index contributed by atoms with van der Waals surface area (Å²) >= 11 is 0. The molecule has 1 unspecified atom stereocenters. The Bertz CT molecular complexity index is 423. The summed E-state index contributed by atoms with van der Waals surface area (Å²) < 4.78 is 6.89. The maximum absolute atomic E-state index is 11.5. The van der Waals surface area contributed by atoms with Gasteiger partial charge in [-0.1, -0.05) is 19.1 Å². The molecule has 0 aliphatic carbocycles. The molecule has 1 aliphatic heterocycles. The Labute approximate surface area is 95.0 Å². The third kappa shape index (κ3) is 2.08. The molecule has 1 aliphatic rings. The minimum atomic E-state index is -0.266. The van der Waals surface area contributed by atoms with Crippen LogP contribution < -0.4 is 0 Å². The van der Waals surface area contributed by atoms with E-state index in [1.807, 2.05) is 22.9 Å². The SMILES string of the molecule is CCOC(=O)c1cc2n(c1)C=CC(C)C=C2. The van der Waals surface area contributed by atoms with Gasteiger partial charge in [0.15, 0.2) is 0 Å². The Morgan fingerprint density at radius 2 is 2.31 bits per heavy atom. The van der Waals surface area contributed by atoms with Crippen molar-refractivity contribution < 1.29 is 9.53 Å². The fraction of sp³-hybridized carbons (Fsp3) is 0.308. The molecule has 16 heavy (non-hydrogen) atoms. The van der Waals surface area contributed by atoms with E-state index >= 15 is 0 Å². The molecule has 2 heterocycles. The molecule has 0 radical (unpaired) electrons.